The predicted molar refractivity (Wildman–Crippen MR) is 87.9 cm³/mol. The number of esters is 1. The van der Waals surface area contributed by atoms with Gasteiger partial charge >= 0.3 is 12.1 Å². The van der Waals surface area contributed by atoms with Crippen LogP contribution in [0.15, 0.2) is 24.3 Å². The van der Waals surface area contributed by atoms with Gasteiger partial charge in [-0.05, 0) is 38.5 Å². The summed E-state index contributed by atoms with van der Waals surface area (Å²) in [5.41, 5.74) is 0.109. The fourth-order valence-corrected chi connectivity index (χ4v) is 1.72. The Labute approximate surface area is 141 Å². The fraction of sp³-hybridized carbons (Fsp3) is 0.412. The molecule has 0 saturated carbocycles. The van der Waals surface area contributed by atoms with E-state index in [1.54, 1.807) is 45.0 Å². The van der Waals surface area contributed by atoms with Crippen LogP contribution in [-0.2, 0) is 20.9 Å². The zero-order valence-corrected chi connectivity index (χ0v) is 14.1. The molecule has 0 heterocycles. The molecule has 6 heteroatoms. The van der Waals surface area contributed by atoms with Gasteiger partial charge in [0, 0.05) is 11.4 Å². The Bertz CT molecular complexity index is 584. The summed E-state index contributed by atoms with van der Waals surface area (Å²) in [5, 5.41) is 3.01. The summed E-state index contributed by atoms with van der Waals surface area (Å²) in [6.45, 7) is 5.23. The highest BCUT2D eigenvalue weighted by molar-refractivity contribution is 6.30. The van der Waals surface area contributed by atoms with Crippen LogP contribution in [0.1, 0.15) is 32.8 Å². The predicted octanol–water partition coefficient (Wildman–Crippen LogP) is 3.30. The van der Waals surface area contributed by atoms with E-state index in [0.717, 1.165) is 5.56 Å². The van der Waals surface area contributed by atoms with Crippen LogP contribution in [0.4, 0.5) is 4.79 Å². The normalized spacial score (nSPS) is 12.0. The number of rotatable bonds is 5. The second-order valence-electron chi connectivity index (χ2n) is 5.84. The highest BCUT2D eigenvalue weighted by atomic mass is 35.5. The lowest BCUT2D eigenvalue weighted by Crippen LogP contribution is -2.44. The number of amides is 1. The molecule has 5 nitrogen and oxygen atoms in total. The maximum absolute atomic E-state index is 12.1. The fourth-order valence-electron chi connectivity index (χ4n) is 1.60. The molecule has 1 atom stereocenters. The van der Waals surface area contributed by atoms with Crippen molar-refractivity contribution in [3.63, 3.8) is 0 Å². The molecule has 0 aromatic heterocycles. The molecule has 1 unspecified atom stereocenters. The van der Waals surface area contributed by atoms with Gasteiger partial charge in [-0.1, -0.05) is 23.7 Å². The number of hydrogen-bond donors (Lipinski definition) is 1. The number of hydrogen-bond acceptors (Lipinski definition) is 4. The summed E-state index contributed by atoms with van der Waals surface area (Å²) in [7, 11) is 0. The standard InChI is InChI=1S/C17H20ClNO4/c1-5-6-14(19-16(21)23-17(2,3)4)15(20)22-11-12-7-9-13(18)10-8-12/h1,7-10,14H,6,11H2,2-4H3,(H,19,21). The zero-order valence-electron chi connectivity index (χ0n) is 13.4. The van der Waals surface area contributed by atoms with Crippen LogP contribution in [0.2, 0.25) is 5.02 Å². The molecule has 0 radical (unpaired) electrons. The zero-order chi connectivity index (χ0) is 17.5. The molecule has 1 aromatic carbocycles. The summed E-state index contributed by atoms with van der Waals surface area (Å²) >= 11 is 5.78. The van der Waals surface area contributed by atoms with E-state index < -0.39 is 23.7 Å². The Kier molecular flexibility index (Phi) is 6.92. The molecule has 0 fully saturated rings. The number of carbonyl (C=O) groups excluding carboxylic acids is 2. The average Bonchev–Trinajstić information content (AvgIpc) is 2.44. The van der Waals surface area contributed by atoms with Crippen molar-refractivity contribution in [2.24, 2.45) is 0 Å². The first-order chi connectivity index (χ1) is 10.7. The first-order valence-electron chi connectivity index (χ1n) is 7.05. The van der Waals surface area contributed by atoms with Crippen molar-refractivity contribution in [3.05, 3.63) is 34.9 Å². The molecule has 124 valence electrons. The highest BCUT2D eigenvalue weighted by Crippen LogP contribution is 2.11. The SMILES string of the molecule is C#CCC(NC(=O)OC(C)(C)C)C(=O)OCc1ccc(Cl)cc1. The van der Waals surface area contributed by atoms with E-state index in [2.05, 4.69) is 11.2 Å². The second kappa shape index (κ2) is 8.44. The van der Waals surface area contributed by atoms with Crippen LogP contribution in [0.3, 0.4) is 0 Å². The quantitative estimate of drug-likeness (QED) is 0.661. The minimum atomic E-state index is -0.956. The van der Waals surface area contributed by atoms with Gasteiger partial charge in [0.15, 0.2) is 0 Å². The summed E-state index contributed by atoms with van der Waals surface area (Å²) in [4.78, 5) is 23.8. The molecule has 1 aromatic rings. The van der Waals surface area contributed by atoms with Crippen molar-refractivity contribution in [2.75, 3.05) is 0 Å². The van der Waals surface area contributed by atoms with E-state index in [0.29, 0.717) is 5.02 Å². The minimum Gasteiger partial charge on any atom is -0.459 e. The second-order valence-corrected chi connectivity index (χ2v) is 6.28. The van der Waals surface area contributed by atoms with Crippen molar-refractivity contribution >= 4 is 23.7 Å². The number of alkyl carbamates (subject to hydrolysis) is 1. The van der Waals surface area contributed by atoms with Crippen molar-refractivity contribution < 1.29 is 19.1 Å². The molecule has 1 amide bonds. The smallest absolute Gasteiger partial charge is 0.408 e. The maximum Gasteiger partial charge on any atom is 0.408 e. The van der Waals surface area contributed by atoms with Gasteiger partial charge in [-0.2, -0.15) is 0 Å². The topological polar surface area (TPSA) is 64.6 Å². The van der Waals surface area contributed by atoms with Crippen molar-refractivity contribution in [1.82, 2.24) is 5.32 Å². The first-order valence-corrected chi connectivity index (χ1v) is 7.43. The third-order valence-corrected chi connectivity index (χ3v) is 2.84. The number of ether oxygens (including phenoxy) is 2. The first kappa shape index (κ1) is 18.9. The van der Waals surface area contributed by atoms with Crippen LogP contribution in [0.25, 0.3) is 0 Å². The van der Waals surface area contributed by atoms with Crippen LogP contribution in [0.5, 0.6) is 0 Å². The van der Waals surface area contributed by atoms with Gasteiger partial charge in [-0.3, -0.25) is 0 Å². The molecule has 23 heavy (non-hydrogen) atoms. The number of halogens is 1. The molecule has 0 saturated heterocycles. The molecule has 0 bridgehead atoms. The molecule has 1 N–H and O–H groups in total. The summed E-state index contributed by atoms with van der Waals surface area (Å²) in [6.07, 6.45) is 4.52. The Morgan fingerprint density at radius 2 is 1.91 bits per heavy atom. The van der Waals surface area contributed by atoms with Crippen LogP contribution in [0, 0.1) is 12.3 Å². The van der Waals surface area contributed by atoms with Gasteiger partial charge in [-0.25, -0.2) is 9.59 Å². The molecular formula is C17H20ClNO4. The highest BCUT2D eigenvalue weighted by Gasteiger charge is 2.24. The number of nitrogens with one attached hydrogen (secondary N) is 1. The van der Waals surface area contributed by atoms with Gasteiger partial charge in [0.25, 0.3) is 0 Å². The minimum absolute atomic E-state index is 0.0126. The van der Waals surface area contributed by atoms with Crippen molar-refractivity contribution in [2.45, 2.75) is 45.4 Å². The Balaban J connectivity index is 2.58. The molecule has 0 aliphatic rings. The third-order valence-electron chi connectivity index (χ3n) is 2.59. The Morgan fingerprint density at radius 3 is 2.43 bits per heavy atom. The van der Waals surface area contributed by atoms with Gasteiger partial charge in [0.05, 0.1) is 0 Å². The number of carbonyl (C=O) groups is 2. The van der Waals surface area contributed by atoms with Crippen molar-refractivity contribution in [3.8, 4) is 12.3 Å². The van der Waals surface area contributed by atoms with E-state index in [4.69, 9.17) is 27.5 Å². The molecule has 1 rings (SSSR count). The number of terminal acetylenes is 1. The van der Waals surface area contributed by atoms with Gasteiger partial charge in [0.1, 0.15) is 18.2 Å². The van der Waals surface area contributed by atoms with Gasteiger partial charge in [-0.15, -0.1) is 12.3 Å². The summed E-state index contributed by atoms with van der Waals surface area (Å²) < 4.78 is 10.3. The lowest BCUT2D eigenvalue weighted by atomic mass is 10.2. The van der Waals surface area contributed by atoms with E-state index in [1.807, 2.05) is 0 Å². The van der Waals surface area contributed by atoms with Crippen LogP contribution in [-0.4, -0.2) is 23.7 Å². The summed E-state index contributed by atoms with van der Waals surface area (Å²) in [6, 6.07) is 5.92. The maximum atomic E-state index is 12.1. The van der Waals surface area contributed by atoms with E-state index in [9.17, 15) is 9.59 Å². The third kappa shape index (κ3) is 7.57. The molecule has 0 spiro atoms. The average molecular weight is 338 g/mol. The molecule has 0 aliphatic heterocycles. The lowest BCUT2D eigenvalue weighted by molar-refractivity contribution is -0.147. The Morgan fingerprint density at radius 1 is 1.30 bits per heavy atom. The van der Waals surface area contributed by atoms with Crippen molar-refractivity contribution in [1.29, 1.82) is 0 Å². The molecule has 0 aliphatic carbocycles. The monoisotopic (exact) mass is 337 g/mol. The van der Waals surface area contributed by atoms with E-state index in [1.165, 1.54) is 0 Å². The van der Waals surface area contributed by atoms with Gasteiger partial charge < -0.3 is 14.8 Å². The largest absolute Gasteiger partial charge is 0.459 e. The molecular weight excluding hydrogens is 318 g/mol. The Hall–Kier alpha value is -2.19. The lowest BCUT2D eigenvalue weighted by Gasteiger charge is -2.22. The summed E-state index contributed by atoms with van der Waals surface area (Å²) in [5.74, 6) is 1.71. The number of benzene rings is 1. The van der Waals surface area contributed by atoms with Crippen LogP contribution < -0.4 is 5.32 Å². The van der Waals surface area contributed by atoms with E-state index in [-0.39, 0.29) is 13.0 Å². The van der Waals surface area contributed by atoms with Crippen LogP contribution >= 0.6 is 11.6 Å². The van der Waals surface area contributed by atoms with Gasteiger partial charge in [0.2, 0.25) is 0 Å². The van der Waals surface area contributed by atoms with E-state index >= 15 is 0 Å².